The third-order valence-electron chi connectivity index (χ3n) is 8.42. The molecule has 0 amide bonds. The van der Waals surface area contributed by atoms with Gasteiger partial charge < -0.3 is 5.73 Å². The molecule has 0 heterocycles. The van der Waals surface area contributed by atoms with Crippen LogP contribution in [-0.4, -0.2) is 12.0 Å². The minimum absolute atomic E-state index is 0.0116. The summed E-state index contributed by atoms with van der Waals surface area (Å²) in [5.74, 6) is 1.26. The predicted octanol–water partition coefficient (Wildman–Crippen LogP) is 11.6. The number of rotatable bonds is 11. The zero-order chi connectivity index (χ0) is 35.0. The highest BCUT2D eigenvalue weighted by molar-refractivity contribution is 5.99. The molecule has 0 bridgehead atoms. The molecule has 0 saturated heterocycles. The van der Waals surface area contributed by atoms with Gasteiger partial charge in [-0.1, -0.05) is 116 Å². The topological polar surface area (TPSA) is 55.5 Å². The molecule has 0 aliphatic heterocycles. The van der Waals surface area contributed by atoms with Crippen LogP contribution in [0, 0.1) is 32.6 Å². The van der Waals surface area contributed by atoms with E-state index in [1.165, 1.54) is 17.5 Å². The lowest BCUT2D eigenvalue weighted by molar-refractivity contribution is -0.112. The molecule has 0 radical (unpaired) electrons. The predicted molar refractivity (Wildman–Crippen MR) is 205 cm³/mol. The third-order valence-corrected chi connectivity index (χ3v) is 8.42. The molecule has 0 saturated carbocycles. The molecule has 2 atom stereocenters. The van der Waals surface area contributed by atoms with Gasteiger partial charge in [0.05, 0.1) is 5.54 Å². The SMILES string of the molecule is C=Cc1cccc(/C(=C/C(C)=O)c2cc(C(N)(/C(C)=C/N=CC(C)CC)c3ccc(C)c(C)c3)ccc2C)c1.CC.CCC(C)C. The van der Waals surface area contributed by atoms with Gasteiger partial charge >= 0.3 is 0 Å². The molecule has 2 N–H and O–H groups in total. The van der Waals surface area contributed by atoms with E-state index in [2.05, 4.69) is 109 Å². The molecule has 46 heavy (non-hydrogen) atoms. The summed E-state index contributed by atoms with van der Waals surface area (Å²) >= 11 is 0. The van der Waals surface area contributed by atoms with Crippen LogP contribution < -0.4 is 5.73 Å². The molecule has 3 rings (SSSR count). The fourth-order valence-electron chi connectivity index (χ4n) is 4.63. The molecule has 0 aliphatic carbocycles. The van der Waals surface area contributed by atoms with Crippen molar-refractivity contribution in [2.24, 2.45) is 22.6 Å². The molecular formula is C43H60N2O. The van der Waals surface area contributed by atoms with Gasteiger partial charge in [0.2, 0.25) is 0 Å². The van der Waals surface area contributed by atoms with Gasteiger partial charge in [0.25, 0.3) is 0 Å². The minimum Gasteiger partial charge on any atom is -0.314 e. The van der Waals surface area contributed by atoms with Crippen molar-refractivity contribution in [3.63, 3.8) is 0 Å². The lowest BCUT2D eigenvalue weighted by Gasteiger charge is -2.33. The molecule has 0 spiro atoms. The summed E-state index contributed by atoms with van der Waals surface area (Å²) in [6.07, 6.45) is 9.73. The summed E-state index contributed by atoms with van der Waals surface area (Å²) in [5.41, 5.74) is 16.6. The Labute approximate surface area is 281 Å². The van der Waals surface area contributed by atoms with Crippen molar-refractivity contribution in [2.45, 2.75) is 101 Å². The summed E-state index contributed by atoms with van der Waals surface area (Å²) in [6.45, 7) is 28.8. The van der Waals surface area contributed by atoms with Gasteiger partial charge in [-0.05, 0) is 127 Å². The van der Waals surface area contributed by atoms with E-state index in [9.17, 15) is 4.79 Å². The van der Waals surface area contributed by atoms with Crippen LogP contribution in [-0.2, 0) is 10.3 Å². The van der Waals surface area contributed by atoms with Crippen LogP contribution in [0.1, 0.15) is 120 Å². The summed E-state index contributed by atoms with van der Waals surface area (Å²) < 4.78 is 0. The Bertz CT molecular complexity index is 1520. The number of aryl methyl sites for hydroxylation is 3. The maximum atomic E-state index is 12.4. The fourth-order valence-corrected chi connectivity index (χ4v) is 4.63. The van der Waals surface area contributed by atoms with Gasteiger partial charge in [-0.15, -0.1) is 0 Å². The normalized spacial score (nSPS) is 13.7. The number of hydrogen-bond acceptors (Lipinski definition) is 3. The van der Waals surface area contributed by atoms with E-state index in [1.807, 2.05) is 57.5 Å². The second kappa shape index (κ2) is 19.6. The number of aliphatic imine (C=N–C) groups is 1. The zero-order valence-electron chi connectivity index (χ0n) is 30.8. The van der Waals surface area contributed by atoms with Gasteiger partial charge in [0.15, 0.2) is 5.78 Å². The van der Waals surface area contributed by atoms with Gasteiger partial charge in [-0.2, -0.15) is 0 Å². The first-order valence-corrected chi connectivity index (χ1v) is 16.9. The van der Waals surface area contributed by atoms with Crippen LogP contribution in [0.25, 0.3) is 11.6 Å². The highest BCUT2D eigenvalue weighted by atomic mass is 16.1. The third kappa shape index (κ3) is 11.2. The van der Waals surface area contributed by atoms with Gasteiger partial charge in [0.1, 0.15) is 0 Å². The average Bonchev–Trinajstić information content (AvgIpc) is 3.05. The lowest BCUT2D eigenvalue weighted by Crippen LogP contribution is -2.39. The number of nitrogens with zero attached hydrogens (tertiary/aromatic N) is 1. The summed E-state index contributed by atoms with van der Waals surface area (Å²) in [4.78, 5) is 17.0. The molecule has 3 aromatic carbocycles. The van der Waals surface area contributed by atoms with E-state index in [0.29, 0.717) is 5.92 Å². The Morgan fingerprint density at radius 1 is 0.870 bits per heavy atom. The molecule has 248 valence electrons. The van der Waals surface area contributed by atoms with Gasteiger partial charge in [-0.3, -0.25) is 9.79 Å². The fraction of sp³-hybridized carbons (Fsp3) is 0.395. The van der Waals surface area contributed by atoms with Crippen LogP contribution in [0.4, 0.5) is 0 Å². The van der Waals surface area contributed by atoms with Crippen molar-refractivity contribution in [1.29, 1.82) is 0 Å². The standard InChI is InChI=1S/C36H42N2O.C5H12.C2H6/c1-9-24(3)22-38-23-28(7)36(37,32-16-14-25(4)27(6)18-32)33-17-15-26(5)34(21-33)35(19-29(8)39)31-13-11-12-30(10-2)20-31;1-4-5(2)3;1-2/h10-24H,2,9,37H2,1,3-8H3;5H,4H2,1-3H3;1-2H3/b28-23+,35-19-,38-22?;;. The first kappa shape index (κ1) is 40.2. The van der Waals surface area contributed by atoms with Gasteiger partial charge in [0, 0.05) is 12.4 Å². The number of allylic oxidation sites excluding steroid dienone is 1. The van der Waals surface area contributed by atoms with Crippen LogP contribution >= 0.6 is 0 Å². The smallest absolute Gasteiger partial charge is 0.153 e. The Balaban J connectivity index is 0.00000137. The zero-order valence-corrected chi connectivity index (χ0v) is 30.8. The van der Waals surface area contributed by atoms with Crippen molar-refractivity contribution in [3.8, 4) is 0 Å². The van der Waals surface area contributed by atoms with E-state index in [0.717, 1.165) is 56.9 Å². The van der Waals surface area contributed by atoms with Crippen molar-refractivity contribution in [1.82, 2.24) is 0 Å². The van der Waals surface area contributed by atoms with Crippen molar-refractivity contribution in [2.75, 3.05) is 0 Å². The largest absolute Gasteiger partial charge is 0.314 e. The van der Waals surface area contributed by atoms with Crippen molar-refractivity contribution in [3.05, 3.63) is 130 Å². The molecule has 2 unspecified atom stereocenters. The second-order valence-corrected chi connectivity index (χ2v) is 12.4. The van der Waals surface area contributed by atoms with Crippen LogP contribution in [0.15, 0.2) is 90.1 Å². The Morgan fingerprint density at radius 2 is 1.46 bits per heavy atom. The summed E-state index contributed by atoms with van der Waals surface area (Å²) in [5, 5.41) is 0. The first-order valence-electron chi connectivity index (χ1n) is 16.9. The number of ketones is 1. The Kier molecular flexibility index (Phi) is 17.2. The summed E-state index contributed by atoms with van der Waals surface area (Å²) in [6, 6.07) is 20.8. The summed E-state index contributed by atoms with van der Waals surface area (Å²) in [7, 11) is 0. The van der Waals surface area contributed by atoms with Crippen LogP contribution in [0.3, 0.4) is 0 Å². The number of nitrogens with two attached hydrogens (primary N) is 1. The molecule has 0 aliphatic rings. The van der Waals surface area contributed by atoms with E-state index in [1.54, 1.807) is 13.0 Å². The molecule has 0 fully saturated rings. The van der Waals surface area contributed by atoms with Crippen LogP contribution in [0.5, 0.6) is 0 Å². The quantitative estimate of drug-likeness (QED) is 0.171. The maximum absolute atomic E-state index is 12.4. The van der Waals surface area contributed by atoms with Gasteiger partial charge in [-0.25, -0.2) is 0 Å². The molecule has 0 aromatic heterocycles. The molecule has 3 aromatic rings. The molecule has 3 heteroatoms. The lowest BCUT2D eigenvalue weighted by atomic mass is 9.76. The second-order valence-electron chi connectivity index (χ2n) is 12.4. The Morgan fingerprint density at radius 3 is 1.98 bits per heavy atom. The minimum atomic E-state index is -0.919. The first-order chi connectivity index (χ1) is 21.8. The number of carbonyl (C=O) groups excluding carboxylic acids is 1. The van der Waals surface area contributed by atoms with Crippen molar-refractivity contribution >= 4 is 23.6 Å². The molecular weight excluding hydrogens is 560 g/mol. The number of carbonyl (C=O) groups is 1. The van der Waals surface area contributed by atoms with E-state index in [-0.39, 0.29) is 5.78 Å². The number of benzene rings is 3. The van der Waals surface area contributed by atoms with E-state index >= 15 is 0 Å². The maximum Gasteiger partial charge on any atom is 0.153 e. The van der Waals surface area contributed by atoms with E-state index in [4.69, 9.17) is 5.73 Å². The molecule has 3 nitrogen and oxygen atoms in total. The number of hydrogen-bond donors (Lipinski definition) is 1. The van der Waals surface area contributed by atoms with Crippen LogP contribution in [0.2, 0.25) is 0 Å². The average molecular weight is 621 g/mol. The Hall–Kier alpha value is -3.82. The van der Waals surface area contributed by atoms with E-state index < -0.39 is 5.54 Å². The monoisotopic (exact) mass is 620 g/mol. The highest BCUT2D eigenvalue weighted by Crippen LogP contribution is 2.38. The highest BCUT2D eigenvalue weighted by Gasteiger charge is 2.33. The van der Waals surface area contributed by atoms with Crippen molar-refractivity contribution < 1.29 is 4.79 Å².